The van der Waals surface area contributed by atoms with Crippen LogP contribution in [0.3, 0.4) is 0 Å². The highest BCUT2D eigenvalue weighted by molar-refractivity contribution is 5.40. The number of hydrogen-bond donors (Lipinski definition) is 1. The maximum absolute atomic E-state index is 5.74. The number of nitrogens with zero attached hydrogens (tertiary/aromatic N) is 1. The molecule has 106 valence electrons. The summed E-state index contributed by atoms with van der Waals surface area (Å²) in [7, 11) is 0. The molecular formula is C17H28N2. The molecule has 0 amide bonds. The molecule has 1 aromatic carbocycles. The molecule has 2 rings (SSSR count). The lowest BCUT2D eigenvalue weighted by Gasteiger charge is -2.20. The average molecular weight is 260 g/mol. The van der Waals surface area contributed by atoms with Crippen molar-refractivity contribution in [3.8, 4) is 0 Å². The molecule has 2 atom stereocenters. The van der Waals surface area contributed by atoms with E-state index >= 15 is 0 Å². The van der Waals surface area contributed by atoms with Crippen LogP contribution in [0, 0.1) is 11.8 Å². The Labute approximate surface area is 118 Å². The van der Waals surface area contributed by atoms with Gasteiger partial charge >= 0.3 is 0 Å². The fourth-order valence-electron chi connectivity index (χ4n) is 2.98. The van der Waals surface area contributed by atoms with Crippen molar-refractivity contribution < 1.29 is 0 Å². The van der Waals surface area contributed by atoms with E-state index in [1.807, 2.05) is 12.1 Å². The molecule has 19 heavy (non-hydrogen) atoms. The van der Waals surface area contributed by atoms with E-state index in [-0.39, 0.29) is 0 Å². The normalized spacial score (nSPS) is 22.0. The summed E-state index contributed by atoms with van der Waals surface area (Å²) < 4.78 is 0. The lowest BCUT2D eigenvalue weighted by atomic mass is 9.95. The zero-order valence-corrected chi connectivity index (χ0v) is 12.6. The van der Waals surface area contributed by atoms with E-state index in [1.54, 1.807) is 0 Å². The third-order valence-corrected chi connectivity index (χ3v) is 4.64. The van der Waals surface area contributed by atoms with E-state index in [2.05, 4.69) is 37.8 Å². The average Bonchev–Trinajstić information content (AvgIpc) is 2.86. The summed E-state index contributed by atoms with van der Waals surface area (Å²) in [5.41, 5.74) is 8.00. The highest BCUT2D eigenvalue weighted by Crippen LogP contribution is 2.26. The first-order valence-corrected chi connectivity index (χ1v) is 7.64. The van der Waals surface area contributed by atoms with Gasteiger partial charge in [-0.15, -0.1) is 0 Å². The highest BCUT2D eigenvalue weighted by atomic mass is 15.1. The van der Waals surface area contributed by atoms with Crippen LogP contribution < -0.4 is 5.73 Å². The first kappa shape index (κ1) is 14.4. The van der Waals surface area contributed by atoms with Gasteiger partial charge in [0.1, 0.15) is 0 Å². The quantitative estimate of drug-likeness (QED) is 0.817. The van der Waals surface area contributed by atoms with Crippen LogP contribution in [0.5, 0.6) is 0 Å². The van der Waals surface area contributed by atoms with Crippen LogP contribution in [0.15, 0.2) is 24.3 Å². The Kier molecular flexibility index (Phi) is 4.87. The Morgan fingerprint density at radius 2 is 1.89 bits per heavy atom. The second-order valence-electron chi connectivity index (χ2n) is 6.45. The first-order valence-electron chi connectivity index (χ1n) is 7.64. The fraction of sp³-hybridized carbons (Fsp3) is 0.647. The second-order valence-corrected chi connectivity index (χ2v) is 6.45. The third-order valence-electron chi connectivity index (χ3n) is 4.64. The maximum atomic E-state index is 5.74. The number of nitrogens with two attached hydrogens (primary N) is 1. The smallest absolute Gasteiger partial charge is 0.0314 e. The minimum atomic E-state index is 0.624. The molecular weight excluding hydrogens is 232 g/mol. The second kappa shape index (κ2) is 6.42. The summed E-state index contributed by atoms with van der Waals surface area (Å²) >= 11 is 0. The van der Waals surface area contributed by atoms with Crippen LogP contribution in [-0.2, 0) is 0 Å². The van der Waals surface area contributed by atoms with E-state index in [1.165, 1.54) is 38.0 Å². The Hall–Kier alpha value is -1.02. The highest BCUT2D eigenvalue weighted by Gasteiger charge is 2.24. The molecule has 0 radical (unpaired) electrons. The van der Waals surface area contributed by atoms with Crippen molar-refractivity contribution in [1.29, 1.82) is 0 Å². The van der Waals surface area contributed by atoms with Crippen LogP contribution in [0.25, 0.3) is 0 Å². The summed E-state index contributed by atoms with van der Waals surface area (Å²) in [4.78, 5) is 2.64. The molecule has 2 N–H and O–H groups in total. The zero-order valence-electron chi connectivity index (χ0n) is 12.6. The Morgan fingerprint density at radius 3 is 2.47 bits per heavy atom. The van der Waals surface area contributed by atoms with Crippen molar-refractivity contribution in [3.63, 3.8) is 0 Å². The van der Waals surface area contributed by atoms with Gasteiger partial charge in [-0.1, -0.05) is 32.9 Å². The number of anilines is 1. The van der Waals surface area contributed by atoms with Crippen LogP contribution in [0.2, 0.25) is 0 Å². The van der Waals surface area contributed by atoms with Crippen LogP contribution >= 0.6 is 0 Å². The Bertz CT molecular complexity index is 383. The summed E-state index contributed by atoms with van der Waals surface area (Å²) in [5, 5.41) is 0. The molecule has 0 saturated carbocycles. The molecule has 2 nitrogen and oxygen atoms in total. The first-order chi connectivity index (χ1) is 9.06. The van der Waals surface area contributed by atoms with Gasteiger partial charge in [0.15, 0.2) is 0 Å². The fourth-order valence-corrected chi connectivity index (χ4v) is 2.98. The topological polar surface area (TPSA) is 29.3 Å². The lowest BCUT2D eigenvalue weighted by Crippen LogP contribution is -2.24. The van der Waals surface area contributed by atoms with Crippen molar-refractivity contribution in [1.82, 2.24) is 4.90 Å². The SMILES string of the molecule is CC(CCN1CCC(C(C)C)C1)c1ccc(N)cc1. The minimum Gasteiger partial charge on any atom is -0.399 e. The molecule has 1 aliphatic rings. The number of likely N-dealkylation sites (tertiary alicyclic amines) is 1. The van der Waals surface area contributed by atoms with E-state index in [0.717, 1.165) is 17.5 Å². The number of nitrogen functional groups attached to an aromatic ring is 1. The van der Waals surface area contributed by atoms with Gasteiger partial charge in [-0.2, -0.15) is 0 Å². The van der Waals surface area contributed by atoms with Crippen molar-refractivity contribution in [2.24, 2.45) is 11.8 Å². The molecule has 1 heterocycles. The number of rotatable bonds is 5. The molecule has 1 aromatic rings. The van der Waals surface area contributed by atoms with Gasteiger partial charge in [0.05, 0.1) is 0 Å². The molecule has 2 unspecified atom stereocenters. The molecule has 0 bridgehead atoms. The van der Waals surface area contributed by atoms with E-state index < -0.39 is 0 Å². The summed E-state index contributed by atoms with van der Waals surface area (Å²) in [6, 6.07) is 8.36. The largest absolute Gasteiger partial charge is 0.399 e. The van der Waals surface area contributed by atoms with Crippen molar-refractivity contribution in [2.45, 2.75) is 39.5 Å². The van der Waals surface area contributed by atoms with E-state index in [0.29, 0.717) is 5.92 Å². The standard InChI is InChI=1S/C17H28N2/c1-13(2)16-9-11-19(12-16)10-8-14(3)15-4-6-17(18)7-5-15/h4-7,13-14,16H,8-12,18H2,1-3H3. The maximum Gasteiger partial charge on any atom is 0.0314 e. The summed E-state index contributed by atoms with van der Waals surface area (Å²) in [6.45, 7) is 10.8. The van der Waals surface area contributed by atoms with Crippen LogP contribution in [-0.4, -0.2) is 24.5 Å². The monoisotopic (exact) mass is 260 g/mol. The summed E-state index contributed by atoms with van der Waals surface area (Å²) in [6.07, 6.45) is 2.63. The molecule has 1 aliphatic heterocycles. The molecule has 1 saturated heterocycles. The van der Waals surface area contributed by atoms with Crippen molar-refractivity contribution in [2.75, 3.05) is 25.4 Å². The predicted molar refractivity (Wildman–Crippen MR) is 83.3 cm³/mol. The third kappa shape index (κ3) is 3.97. The van der Waals surface area contributed by atoms with Gasteiger partial charge in [-0.05, 0) is 61.4 Å². The summed E-state index contributed by atoms with van der Waals surface area (Å²) in [5.74, 6) is 2.37. The molecule has 2 heteroatoms. The van der Waals surface area contributed by atoms with Crippen molar-refractivity contribution in [3.05, 3.63) is 29.8 Å². The minimum absolute atomic E-state index is 0.624. The molecule has 0 aromatic heterocycles. The molecule has 0 spiro atoms. The van der Waals surface area contributed by atoms with Crippen LogP contribution in [0.4, 0.5) is 5.69 Å². The Morgan fingerprint density at radius 1 is 1.21 bits per heavy atom. The van der Waals surface area contributed by atoms with Gasteiger partial charge < -0.3 is 10.6 Å². The van der Waals surface area contributed by atoms with Gasteiger partial charge in [0.25, 0.3) is 0 Å². The number of hydrogen-bond acceptors (Lipinski definition) is 2. The number of benzene rings is 1. The predicted octanol–water partition coefficient (Wildman–Crippen LogP) is 3.74. The van der Waals surface area contributed by atoms with Gasteiger partial charge in [0.2, 0.25) is 0 Å². The van der Waals surface area contributed by atoms with E-state index in [4.69, 9.17) is 5.73 Å². The van der Waals surface area contributed by atoms with Gasteiger partial charge in [0, 0.05) is 12.2 Å². The van der Waals surface area contributed by atoms with Crippen LogP contribution in [0.1, 0.15) is 45.1 Å². The van der Waals surface area contributed by atoms with Crippen molar-refractivity contribution >= 4 is 5.69 Å². The molecule has 1 fully saturated rings. The Balaban J connectivity index is 1.78. The van der Waals surface area contributed by atoms with Gasteiger partial charge in [-0.25, -0.2) is 0 Å². The van der Waals surface area contributed by atoms with Gasteiger partial charge in [-0.3, -0.25) is 0 Å². The lowest BCUT2D eigenvalue weighted by molar-refractivity contribution is 0.294. The zero-order chi connectivity index (χ0) is 13.8. The molecule has 0 aliphatic carbocycles. The van der Waals surface area contributed by atoms with E-state index in [9.17, 15) is 0 Å².